The molecule has 1 aromatic heterocycles. The van der Waals surface area contributed by atoms with E-state index in [1.165, 1.54) is 12.3 Å². The Morgan fingerprint density at radius 2 is 1.92 bits per heavy atom. The predicted octanol–water partition coefficient (Wildman–Crippen LogP) is 1.15. The summed E-state index contributed by atoms with van der Waals surface area (Å²) in [5.41, 5.74) is 1.39. The van der Waals surface area contributed by atoms with E-state index in [0.29, 0.717) is 41.7 Å². The van der Waals surface area contributed by atoms with Crippen LogP contribution in [0.25, 0.3) is 0 Å². The first-order valence-electron chi connectivity index (χ1n) is 7.51. The summed E-state index contributed by atoms with van der Waals surface area (Å²) >= 11 is 0. The molecule has 2 heterocycles. The number of ether oxygens (including phenoxy) is 2. The molecule has 9 heteroatoms. The maximum atomic E-state index is 12.4. The van der Waals surface area contributed by atoms with Crippen LogP contribution in [0.15, 0.2) is 36.5 Å². The van der Waals surface area contributed by atoms with Gasteiger partial charge in [0.25, 0.3) is 5.91 Å². The molecule has 3 rings (SSSR count). The van der Waals surface area contributed by atoms with Crippen LogP contribution in [0.2, 0.25) is 0 Å². The van der Waals surface area contributed by atoms with Gasteiger partial charge in [-0.2, -0.15) is 0 Å². The normalized spacial score (nSPS) is 13.3. The molecule has 0 atom stereocenters. The number of anilines is 1. The molecule has 2 N–H and O–H groups in total. The van der Waals surface area contributed by atoms with Gasteiger partial charge < -0.3 is 14.8 Å². The molecule has 0 unspecified atom stereocenters. The van der Waals surface area contributed by atoms with Crippen LogP contribution in [0.1, 0.15) is 16.1 Å². The van der Waals surface area contributed by atoms with Crippen LogP contribution in [-0.2, 0) is 16.6 Å². The number of carbonyl (C=O) groups excluding carboxylic acids is 1. The van der Waals surface area contributed by atoms with Crippen molar-refractivity contribution in [2.45, 2.75) is 6.54 Å². The molecule has 0 radical (unpaired) electrons. The number of sulfonamides is 1. The molecule has 25 heavy (non-hydrogen) atoms. The molecule has 0 aliphatic carbocycles. The number of amides is 1. The van der Waals surface area contributed by atoms with Gasteiger partial charge in [0.2, 0.25) is 10.0 Å². The van der Waals surface area contributed by atoms with Crippen LogP contribution in [0.4, 0.5) is 5.69 Å². The van der Waals surface area contributed by atoms with Crippen molar-refractivity contribution in [2.75, 3.05) is 24.8 Å². The summed E-state index contributed by atoms with van der Waals surface area (Å²) in [5.74, 6) is 0.888. The second-order valence-electron chi connectivity index (χ2n) is 5.44. The Kier molecular flexibility index (Phi) is 4.86. The summed E-state index contributed by atoms with van der Waals surface area (Å²) in [6, 6.07) is 8.24. The van der Waals surface area contributed by atoms with Crippen LogP contribution in [0.5, 0.6) is 11.5 Å². The second-order valence-corrected chi connectivity index (χ2v) is 7.27. The van der Waals surface area contributed by atoms with Crippen LogP contribution in [0.3, 0.4) is 0 Å². The van der Waals surface area contributed by atoms with Crippen molar-refractivity contribution in [1.82, 2.24) is 9.71 Å². The SMILES string of the molecule is CS(=O)(=O)NCc1cc(C(=O)Nc2ccc3c(c2)OCCO3)ccn1. The van der Waals surface area contributed by atoms with Crippen LogP contribution in [0, 0.1) is 0 Å². The van der Waals surface area contributed by atoms with Crippen LogP contribution >= 0.6 is 0 Å². The highest BCUT2D eigenvalue weighted by atomic mass is 32.2. The van der Waals surface area contributed by atoms with Crippen molar-refractivity contribution in [1.29, 1.82) is 0 Å². The zero-order valence-electron chi connectivity index (χ0n) is 13.5. The Labute approximate surface area is 145 Å². The first kappa shape index (κ1) is 17.2. The summed E-state index contributed by atoms with van der Waals surface area (Å²) < 4.78 is 35.5. The van der Waals surface area contributed by atoms with E-state index in [1.54, 1.807) is 24.3 Å². The van der Waals surface area contributed by atoms with Crippen LogP contribution in [-0.4, -0.2) is 38.8 Å². The van der Waals surface area contributed by atoms with Gasteiger partial charge in [-0.25, -0.2) is 13.1 Å². The summed E-state index contributed by atoms with van der Waals surface area (Å²) in [4.78, 5) is 16.4. The number of nitrogens with zero attached hydrogens (tertiary/aromatic N) is 1. The van der Waals surface area contributed by atoms with Crippen molar-refractivity contribution in [2.24, 2.45) is 0 Å². The number of fused-ring (bicyclic) bond motifs is 1. The summed E-state index contributed by atoms with van der Waals surface area (Å²) in [6.45, 7) is 0.982. The average Bonchev–Trinajstić information content (AvgIpc) is 2.59. The number of pyridine rings is 1. The topological polar surface area (TPSA) is 107 Å². The first-order chi connectivity index (χ1) is 11.9. The third-order valence-electron chi connectivity index (χ3n) is 3.39. The van der Waals surface area contributed by atoms with E-state index in [2.05, 4.69) is 15.0 Å². The Morgan fingerprint density at radius 1 is 1.16 bits per heavy atom. The van der Waals surface area contributed by atoms with Gasteiger partial charge in [0.05, 0.1) is 18.5 Å². The monoisotopic (exact) mass is 363 g/mol. The van der Waals surface area contributed by atoms with Crippen molar-refractivity contribution < 1.29 is 22.7 Å². The summed E-state index contributed by atoms with van der Waals surface area (Å²) in [6.07, 6.45) is 2.52. The maximum absolute atomic E-state index is 12.4. The first-order valence-corrected chi connectivity index (χ1v) is 9.40. The van der Waals surface area contributed by atoms with E-state index in [4.69, 9.17) is 9.47 Å². The Bertz CT molecular complexity index is 898. The van der Waals surface area contributed by atoms with Crippen molar-refractivity contribution in [3.63, 3.8) is 0 Å². The predicted molar refractivity (Wildman–Crippen MR) is 91.3 cm³/mol. The van der Waals surface area contributed by atoms with Gasteiger partial charge in [-0.3, -0.25) is 9.78 Å². The number of benzene rings is 1. The number of rotatable bonds is 5. The molecule has 0 saturated heterocycles. The molecule has 132 valence electrons. The highest BCUT2D eigenvalue weighted by molar-refractivity contribution is 7.88. The quantitative estimate of drug-likeness (QED) is 0.825. The fourth-order valence-corrected chi connectivity index (χ4v) is 2.66. The van der Waals surface area contributed by atoms with Crippen molar-refractivity contribution in [3.05, 3.63) is 47.8 Å². The number of hydrogen-bond donors (Lipinski definition) is 2. The molecule has 0 spiro atoms. The standard InChI is InChI=1S/C16H17N3O5S/c1-25(21,22)18-10-13-8-11(4-5-17-13)16(20)19-12-2-3-14-15(9-12)24-7-6-23-14/h2-5,8-9,18H,6-7,10H2,1H3,(H,19,20). The van der Waals surface area contributed by atoms with E-state index in [9.17, 15) is 13.2 Å². The third-order valence-corrected chi connectivity index (χ3v) is 4.06. The Hall–Kier alpha value is -2.65. The van der Waals surface area contributed by atoms with Crippen LogP contribution < -0.4 is 19.5 Å². The van der Waals surface area contributed by atoms with Gasteiger partial charge in [-0.1, -0.05) is 0 Å². The molecular weight excluding hydrogens is 346 g/mol. The molecule has 2 aromatic rings. The molecule has 8 nitrogen and oxygen atoms in total. The molecule has 1 amide bonds. The minimum absolute atomic E-state index is 0.0178. The van der Waals surface area contributed by atoms with E-state index in [-0.39, 0.29) is 12.5 Å². The Balaban J connectivity index is 1.71. The number of hydrogen-bond acceptors (Lipinski definition) is 6. The molecule has 1 aliphatic rings. The smallest absolute Gasteiger partial charge is 0.255 e. The largest absolute Gasteiger partial charge is 0.486 e. The van der Waals surface area contributed by atoms with Gasteiger partial charge in [-0.05, 0) is 24.3 Å². The second kappa shape index (κ2) is 7.08. The summed E-state index contributed by atoms with van der Waals surface area (Å²) in [5, 5.41) is 2.77. The summed E-state index contributed by atoms with van der Waals surface area (Å²) in [7, 11) is -3.33. The number of aromatic nitrogens is 1. The van der Waals surface area contributed by atoms with Gasteiger partial charge in [0, 0.05) is 23.5 Å². The van der Waals surface area contributed by atoms with Crippen molar-refractivity contribution >= 4 is 21.6 Å². The van der Waals surface area contributed by atoms with E-state index in [0.717, 1.165) is 6.26 Å². The minimum Gasteiger partial charge on any atom is -0.486 e. The maximum Gasteiger partial charge on any atom is 0.255 e. The van der Waals surface area contributed by atoms with Crippen molar-refractivity contribution in [3.8, 4) is 11.5 Å². The molecule has 0 fully saturated rings. The zero-order valence-corrected chi connectivity index (χ0v) is 14.3. The fourth-order valence-electron chi connectivity index (χ4n) is 2.25. The third kappa shape index (κ3) is 4.68. The highest BCUT2D eigenvalue weighted by Gasteiger charge is 2.14. The zero-order chi connectivity index (χ0) is 17.9. The molecule has 1 aromatic carbocycles. The van der Waals surface area contributed by atoms with E-state index < -0.39 is 10.0 Å². The molecule has 0 bridgehead atoms. The lowest BCUT2D eigenvalue weighted by molar-refractivity contribution is 0.102. The average molecular weight is 363 g/mol. The molecule has 1 aliphatic heterocycles. The van der Waals surface area contributed by atoms with Gasteiger partial charge >= 0.3 is 0 Å². The van der Waals surface area contributed by atoms with Gasteiger partial charge in [0.15, 0.2) is 11.5 Å². The van der Waals surface area contributed by atoms with Gasteiger partial charge in [-0.15, -0.1) is 0 Å². The highest BCUT2D eigenvalue weighted by Crippen LogP contribution is 2.32. The lowest BCUT2D eigenvalue weighted by atomic mass is 10.2. The number of nitrogens with one attached hydrogen (secondary N) is 2. The number of carbonyl (C=O) groups is 1. The van der Waals surface area contributed by atoms with E-state index >= 15 is 0 Å². The fraction of sp³-hybridized carbons (Fsp3) is 0.250. The van der Waals surface area contributed by atoms with Gasteiger partial charge in [0.1, 0.15) is 13.2 Å². The lowest BCUT2D eigenvalue weighted by Gasteiger charge is -2.19. The molecule has 0 saturated carbocycles. The molecular formula is C16H17N3O5S. The minimum atomic E-state index is -3.33. The Morgan fingerprint density at radius 3 is 2.68 bits per heavy atom. The van der Waals surface area contributed by atoms with E-state index in [1.807, 2.05) is 0 Å². The lowest BCUT2D eigenvalue weighted by Crippen LogP contribution is -2.22.